The molecule has 3 heteroatoms. The van der Waals surface area contributed by atoms with Gasteiger partial charge in [-0.25, -0.2) is 0 Å². The maximum atomic E-state index is 11.5. The van der Waals surface area contributed by atoms with Crippen LogP contribution in [-0.4, -0.2) is 19.0 Å². The minimum Gasteiger partial charge on any atom is -0.380 e. The van der Waals surface area contributed by atoms with Gasteiger partial charge in [-0.3, -0.25) is 4.79 Å². The van der Waals surface area contributed by atoms with Crippen molar-refractivity contribution in [3.05, 3.63) is 40.9 Å². The van der Waals surface area contributed by atoms with Crippen LogP contribution in [0.1, 0.15) is 18.4 Å². The lowest BCUT2D eigenvalue weighted by molar-refractivity contribution is -0.115. The van der Waals surface area contributed by atoms with Crippen LogP contribution in [0.3, 0.4) is 0 Å². The highest BCUT2D eigenvalue weighted by molar-refractivity contribution is 6.30. The Kier molecular flexibility index (Phi) is 6.86. The first-order chi connectivity index (χ1) is 8.72. The van der Waals surface area contributed by atoms with E-state index >= 15 is 0 Å². The molecule has 0 fully saturated rings. The average molecular weight is 263 g/mol. The van der Waals surface area contributed by atoms with E-state index in [1.54, 1.807) is 24.3 Å². The van der Waals surface area contributed by atoms with Crippen LogP contribution in [0.4, 0.5) is 0 Å². The molecule has 0 atom stereocenters. The molecule has 1 rings (SSSR count). The van der Waals surface area contributed by atoms with Gasteiger partial charge < -0.3 is 4.74 Å². The summed E-state index contributed by atoms with van der Waals surface area (Å²) in [6, 6.07) is 7.29. The summed E-state index contributed by atoms with van der Waals surface area (Å²) in [5.74, 6) is 2.51. The van der Waals surface area contributed by atoms with E-state index in [1.165, 1.54) is 0 Å². The topological polar surface area (TPSA) is 26.3 Å². The molecule has 18 heavy (non-hydrogen) atoms. The van der Waals surface area contributed by atoms with Gasteiger partial charge in [0.2, 0.25) is 0 Å². The molecule has 0 heterocycles. The Morgan fingerprint density at radius 1 is 1.33 bits per heavy atom. The number of terminal acetylenes is 1. The fraction of sp³-hybridized carbons (Fsp3) is 0.267. The van der Waals surface area contributed by atoms with Gasteiger partial charge in [0.1, 0.15) is 0 Å². The summed E-state index contributed by atoms with van der Waals surface area (Å²) >= 11 is 5.76. The van der Waals surface area contributed by atoms with Crippen LogP contribution < -0.4 is 0 Å². The zero-order valence-electron chi connectivity index (χ0n) is 10.1. The van der Waals surface area contributed by atoms with Crippen LogP contribution >= 0.6 is 11.6 Å². The first-order valence-corrected chi connectivity index (χ1v) is 6.08. The van der Waals surface area contributed by atoms with Gasteiger partial charge in [0, 0.05) is 17.9 Å². The van der Waals surface area contributed by atoms with Crippen molar-refractivity contribution in [2.75, 3.05) is 13.2 Å². The summed E-state index contributed by atoms with van der Waals surface area (Å²) in [6.45, 7) is 0.913. The molecule has 0 aliphatic rings. The van der Waals surface area contributed by atoms with Gasteiger partial charge >= 0.3 is 0 Å². The standard InChI is InChI=1S/C15H15ClO2/c1-2-3-11-18-12-10-15(17)9-6-13-4-7-14(16)8-5-13/h1,4-9H,3,10-12H2/b9-6+. The highest BCUT2D eigenvalue weighted by Crippen LogP contribution is 2.10. The molecule has 0 bridgehead atoms. The Morgan fingerprint density at radius 3 is 2.72 bits per heavy atom. The Labute approximate surface area is 113 Å². The predicted octanol–water partition coefficient (Wildman–Crippen LogP) is 3.35. The van der Waals surface area contributed by atoms with Gasteiger partial charge in [0.15, 0.2) is 5.78 Å². The molecule has 0 aliphatic carbocycles. The Hall–Kier alpha value is -1.56. The number of ether oxygens (including phenoxy) is 1. The largest absolute Gasteiger partial charge is 0.380 e. The molecule has 0 unspecified atom stereocenters. The number of carbonyl (C=O) groups excluding carboxylic acids is 1. The van der Waals surface area contributed by atoms with E-state index in [0.29, 0.717) is 31.1 Å². The van der Waals surface area contributed by atoms with Gasteiger partial charge in [-0.05, 0) is 23.8 Å². The third kappa shape index (κ3) is 6.24. The maximum absolute atomic E-state index is 11.5. The van der Waals surface area contributed by atoms with Crippen LogP contribution in [0.25, 0.3) is 6.08 Å². The van der Waals surface area contributed by atoms with Crippen molar-refractivity contribution in [1.82, 2.24) is 0 Å². The highest BCUT2D eigenvalue weighted by atomic mass is 35.5. The second kappa shape index (κ2) is 8.52. The third-order valence-electron chi connectivity index (χ3n) is 2.22. The SMILES string of the molecule is C#CCCOCCC(=O)/C=C/c1ccc(Cl)cc1. The van der Waals surface area contributed by atoms with Crippen molar-refractivity contribution < 1.29 is 9.53 Å². The molecule has 1 aromatic carbocycles. The van der Waals surface area contributed by atoms with Gasteiger partial charge in [-0.2, -0.15) is 0 Å². The smallest absolute Gasteiger partial charge is 0.158 e. The summed E-state index contributed by atoms with van der Waals surface area (Å²) in [7, 11) is 0. The quantitative estimate of drug-likeness (QED) is 0.428. The van der Waals surface area contributed by atoms with Crippen LogP contribution in [0, 0.1) is 12.3 Å². The zero-order chi connectivity index (χ0) is 13.2. The fourth-order valence-electron chi connectivity index (χ4n) is 1.25. The van der Waals surface area contributed by atoms with Crippen molar-refractivity contribution in [1.29, 1.82) is 0 Å². The van der Waals surface area contributed by atoms with Crippen LogP contribution in [0.15, 0.2) is 30.3 Å². The van der Waals surface area contributed by atoms with E-state index in [1.807, 2.05) is 12.1 Å². The average Bonchev–Trinajstić information content (AvgIpc) is 2.38. The monoisotopic (exact) mass is 262 g/mol. The number of allylic oxidation sites excluding steroid dienone is 1. The molecule has 0 spiro atoms. The molecule has 0 amide bonds. The van der Waals surface area contributed by atoms with Gasteiger partial charge in [-0.1, -0.05) is 29.8 Å². The van der Waals surface area contributed by atoms with E-state index in [2.05, 4.69) is 5.92 Å². The summed E-state index contributed by atoms with van der Waals surface area (Å²) in [6.07, 6.45) is 9.34. The summed E-state index contributed by atoms with van der Waals surface area (Å²) in [4.78, 5) is 11.5. The van der Waals surface area contributed by atoms with E-state index in [9.17, 15) is 4.79 Å². The summed E-state index contributed by atoms with van der Waals surface area (Å²) < 4.78 is 5.20. The van der Waals surface area contributed by atoms with Crippen LogP contribution in [0.2, 0.25) is 5.02 Å². The molecule has 0 aromatic heterocycles. The number of carbonyl (C=O) groups is 1. The molecule has 0 saturated carbocycles. The van der Waals surface area contributed by atoms with Crippen LogP contribution in [-0.2, 0) is 9.53 Å². The summed E-state index contributed by atoms with van der Waals surface area (Å²) in [5.41, 5.74) is 0.945. The van der Waals surface area contributed by atoms with Crippen molar-refractivity contribution in [3.63, 3.8) is 0 Å². The maximum Gasteiger partial charge on any atom is 0.158 e. The molecular weight excluding hydrogens is 248 g/mol. The Morgan fingerprint density at radius 2 is 2.06 bits per heavy atom. The minimum absolute atomic E-state index is 0.0330. The molecule has 0 N–H and O–H groups in total. The van der Waals surface area contributed by atoms with Crippen LogP contribution in [0.5, 0.6) is 0 Å². The van der Waals surface area contributed by atoms with E-state index < -0.39 is 0 Å². The van der Waals surface area contributed by atoms with Crippen molar-refractivity contribution in [2.24, 2.45) is 0 Å². The Balaban J connectivity index is 2.27. The number of hydrogen-bond donors (Lipinski definition) is 0. The minimum atomic E-state index is 0.0330. The molecule has 2 nitrogen and oxygen atoms in total. The lowest BCUT2D eigenvalue weighted by atomic mass is 10.2. The van der Waals surface area contributed by atoms with E-state index in [0.717, 1.165) is 5.56 Å². The van der Waals surface area contributed by atoms with E-state index in [-0.39, 0.29) is 5.78 Å². The molecule has 0 saturated heterocycles. The first kappa shape index (κ1) is 14.5. The number of halogens is 1. The second-order valence-electron chi connectivity index (χ2n) is 3.67. The molecule has 0 radical (unpaired) electrons. The molecular formula is C15H15ClO2. The molecule has 1 aromatic rings. The number of ketones is 1. The van der Waals surface area contributed by atoms with Gasteiger partial charge in [-0.15, -0.1) is 12.3 Å². The van der Waals surface area contributed by atoms with Crippen molar-refractivity contribution in [3.8, 4) is 12.3 Å². The highest BCUT2D eigenvalue weighted by Gasteiger charge is 1.97. The zero-order valence-corrected chi connectivity index (χ0v) is 10.8. The number of rotatable bonds is 7. The van der Waals surface area contributed by atoms with Crippen molar-refractivity contribution in [2.45, 2.75) is 12.8 Å². The number of benzene rings is 1. The normalized spacial score (nSPS) is 10.4. The van der Waals surface area contributed by atoms with E-state index in [4.69, 9.17) is 22.8 Å². The van der Waals surface area contributed by atoms with Gasteiger partial charge in [0.25, 0.3) is 0 Å². The third-order valence-corrected chi connectivity index (χ3v) is 2.47. The predicted molar refractivity (Wildman–Crippen MR) is 74.4 cm³/mol. The molecule has 0 aliphatic heterocycles. The lowest BCUT2D eigenvalue weighted by Crippen LogP contribution is -2.02. The first-order valence-electron chi connectivity index (χ1n) is 5.70. The number of hydrogen-bond acceptors (Lipinski definition) is 2. The fourth-order valence-corrected chi connectivity index (χ4v) is 1.38. The molecule has 94 valence electrons. The lowest BCUT2D eigenvalue weighted by Gasteiger charge is -1.99. The van der Waals surface area contributed by atoms with Gasteiger partial charge in [0.05, 0.1) is 13.2 Å². The summed E-state index contributed by atoms with van der Waals surface area (Å²) in [5, 5.41) is 0.681. The van der Waals surface area contributed by atoms with Crippen molar-refractivity contribution >= 4 is 23.5 Å². The second-order valence-corrected chi connectivity index (χ2v) is 4.10. The Bertz CT molecular complexity index is 441.